The van der Waals surface area contributed by atoms with E-state index in [9.17, 15) is 9.59 Å². The van der Waals surface area contributed by atoms with Crippen LogP contribution in [0.25, 0.3) is 10.9 Å². The van der Waals surface area contributed by atoms with E-state index in [4.69, 9.17) is 0 Å². The number of benzene rings is 3. The lowest BCUT2D eigenvalue weighted by atomic mass is 9.93. The van der Waals surface area contributed by atoms with Gasteiger partial charge in [-0.1, -0.05) is 72.8 Å². The number of aromatic nitrogens is 1. The average Bonchev–Trinajstić information content (AvgIpc) is 3.22. The minimum Gasteiger partial charge on any atom is -0.350 e. The van der Waals surface area contributed by atoms with Gasteiger partial charge < -0.3 is 14.8 Å². The fourth-order valence-corrected chi connectivity index (χ4v) is 4.95. The Balaban J connectivity index is 1.49. The molecule has 5 nitrogen and oxygen atoms in total. The highest BCUT2D eigenvalue weighted by molar-refractivity contribution is 6.03. The van der Waals surface area contributed by atoms with Crippen molar-refractivity contribution in [3.8, 4) is 0 Å². The fraction of sp³-hybridized carbons (Fsp3) is 0.241. The number of aryl methyl sites for hydroxylation is 1. The molecule has 1 aliphatic rings. The number of carbonyl (C=O) groups excluding carboxylic acids is 2. The Morgan fingerprint density at radius 2 is 1.68 bits per heavy atom. The lowest BCUT2D eigenvalue weighted by Gasteiger charge is -2.44. The van der Waals surface area contributed by atoms with Gasteiger partial charge in [-0.15, -0.1) is 0 Å². The molecule has 34 heavy (non-hydrogen) atoms. The maximum absolute atomic E-state index is 13.8. The molecule has 2 amide bonds. The zero-order valence-electron chi connectivity index (χ0n) is 19.6. The highest BCUT2D eigenvalue weighted by Crippen LogP contribution is 2.32. The Morgan fingerprint density at radius 3 is 2.47 bits per heavy atom. The summed E-state index contributed by atoms with van der Waals surface area (Å²) in [5.74, 6) is -0.244. The monoisotopic (exact) mass is 451 g/mol. The molecule has 5 rings (SSSR count). The second-order valence-electron chi connectivity index (χ2n) is 9.25. The summed E-state index contributed by atoms with van der Waals surface area (Å²) in [7, 11) is 0. The molecule has 172 valence electrons. The Labute approximate surface area is 200 Å². The molecule has 1 aliphatic heterocycles. The summed E-state index contributed by atoms with van der Waals surface area (Å²) in [6.07, 6.45) is 0.695. The van der Waals surface area contributed by atoms with Crippen LogP contribution in [0.1, 0.15) is 34.1 Å². The lowest BCUT2D eigenvalue weighted by molar-refractivity contribution is -0.133. The first-order valence-corrected chi connectivity index (χ1v) is 11.7. The average molecular weight is 452 g/mol. The molecule has 5 heteroatoms. The zero-order valence-corrected chi connectivity index (χ0v) is 19.6. The van der Waals surface area contributed by atoms with Crippen LogP contribution in [0, 0.1) is 6.92 Å². The quantitative estimate of drug-likeness (QED) is 0.461. The molecule has 1 aromatic heterocycles. The normalized spacial score (nSPS) is 17.6. The van der Waals surface area contributed by atoms with Crippen molar-refractivity contribution in [1.29, 1.82) is 0 Å². The van der Waals surface area contributed by atoms with E-state index in [1.165, 1.54) is 11.1 Å². The maximum atomic E-state index is 13.8. The predicted octanol–water partition coefficient (Wildman–Crippen LogP) is 4.72. The summed E-state index contributed by atoms with van der Waals surface area (Å²) in [6.45, 7) is 5.28. The number of rotatable bonds is 6. The molecule has 2 heterocycles. The van der Waals surface area contributed by atoms with Gasteiger partial charge >= 0.3 is 0 Å². The predicted molar refractivity (Wildman–Crippen MR) is 135 cm³/mol. The topological polar surface area (TPSA) is 54.3 Å². The molecule has 0 saturated carbocycles. The molecule has 0 unspecified atom stereocenters. The number of carbonyl (C=O) groups is 2. The smallest absolute Gasteiger partial charge is 0.271 e. The van der Waals surface area contributed by atoms with E-state index in [2.05, 4.69) is 24.4 Å². The van der Waals surface area contributed by atoms with Gasteiger partial charge in [0.05, 0.1) is 6.54 Å². The zero-order chi connectivity index (χ0) is 23.7. The standard InChI is InChI=1S/C29H29N3O2/c1-21-10-6-7-13-23(21)16-17-32-27(33)26-18-24-14-8-9-15-25(24)31(26)20-29(32,2)28(34)30-19-22-11-4-3-5-12-22/h3-15,18H,16-17,19-20H2,1-2H3,(H,30,34)/t29-/m1/s1. The van der Waals surface area contributed by atoms with Gasteiger partial charge in [0.2, 0.25) is 5.91 Å². The summed E-state index contributed by atoms with van der Waals surface area (Å²) in [5.41, 5.74) is 4.01. The Morgan fingerprint density at radius 1 is 0.971 bits per heavy atom. The Bertz CT molecular complexity index is 1360. The summed E-state index contributed by atoms with van der Waals surface area (Å²) in [6, 6.07) is 28.0. The van der Waals surface area contributed by atoms with Gasteiger partial charge in [0, 0.05) is 24.0 Å². The largest absolute Gasteiger partial charge is 0.350 e. The number of nitrogens with one attached hydrogen (secondary N) is 1. The minimum atomic E-state index is -1.01. The summed E-state index contributed by atoms with van der Waals surface area (Å²) in [5, 5.41) is 4.11. The second-order valence-corrected chi connectivity index (χ2v) is 9.25. The van der Waals surface area contributed by atoms with Crippen LogP contribution in [0.15, 0.2) is 84.9 Å². The van der Waals surface area contributed by atoms with Crippen LogP contribution in [0.3, 0.4) is 0 Å². The highest BCUT2D eigenvalue weighted by atomic mass is 16.2. The summed E-state index contributed by atoms with van der Waals surface area (Å²) >= 11 is 0. The lowest BCUT2D eigenvalue weighted by Crippen LogP contribution is -2.64. The van der Waals surface area contributed by atoms with Crippen molar-refractivity contribution in [2.24, 2.45) is 0 Å². The molecule has 0 radical (unpaired) electrons. The first-order chi connectivity index (χ1) is 16.5. The molecule has 0 spiro atoms. The Kier molecular flexibility index (Phi) is 5.70. The number of para-hydroxylation sites is 1. The molecular formula is C29H29N3O2. The van der Waals surface area contributed by atoms with Gasteiger partial charge in [0.15, 0.2) is 0 Å². The highest BCUT2D eigenvalue weighted by Gasteiger charge is 2.47. The molecular weight excluding hydrogens is 422 g/mol. The molecule has 1 N–H and O–H groups in total. The van der Waals surface area contributed by atoms with Gasteiger partial charge in [-0.05, 0) is 49.1 Å². The van der Waals surface area contributed by atoms with Crippen LogP contribution in [0.2, 0.25) is 0 Å². The molecule has 1 atom stereocenters. The Hall–Kier alpha value is -3.86. The van der Waals surface area contributed by atoms with Crippen LogP contribution in [-0.2, 0) is 24.3 Å². The minimum absolute atomic E-state index is 0.103. The third-order valence-corrected chi connectivity index (χ3v) is 6.99. The number of hydrogen-bond acceptors (Lipinski definition) is 2. The number of nitrogens with zero attached hydrogens (tertiary/aromatic N) is 2. The van der Waals surface area contributed by atoms with Crippen LogP contribution >= 0.6 is 0 Å². The van der Waals surface area contributed by atoms with Crippen molar-refractivity contribution in [1.82, 2.24) is 14.8 Å². The van der Waals surface area contributed by atoms with Crippen LogP contribution in [0.4, 0.5) is 0 Å². The van der Waals surface area contributed by atoms with Crippen molar-refractivity contribution in [2.75, 3.05) is 6.54 Å². The number of hydrogen-bond donors (Lipinski definition) is 1. The van der Waals surface area contributed by atoms with E-state index >= 15 is 0 Å². The van der Waals surface area contributed by atoms with Gasteiger partial charge in [-0.2, -0.15) is 0 Å². The molecule has 0 fully saturated rings. The van der Waals surface area contributed by atoms with E-state index in [1.807, 2.05) is 84.3 Å². The third-order valence-electron chi connectivity index (χ3n) is 6.99. The maximum Gasteiger partial charge on any atom is 0.271 e. The van der Waals surface area contributed by atoms with Gasteiger partial charge in [0.1, 0.15) is 11.2 Å². The first-order valence-electron chi connectivity index (χ1n) is 11.7. The molecule has 0 saturated heterocycles. The number of amides is 2. The van der Waals surface area contributed by atoms with Crippen molar-refractivity contribution >= 4 is 22.7 Å². The molecule has 0 bridgehead atoms. The van der Waals surface area contributed by atoms with Crippen molar-refractivity contribution in [2.45, 2.75) is 38.9 Å². The van der Waals surface area contributed by atoms with Crippen LogP contribution in [-0.4, -0.2) is 33.4 Å². The fourth-order valence-electron chi connectivity index (χ4n) is 4.95. The van der Waals surface area contributed by atoms with Crippen LogP contribution in [0.5, 0.6) is 0 Å². The third kappa shape index (κ3) is 3.87. The van der Waals surface area contributed by atoms with Crippen molar-refractivity contribution in [3.05, 3.63) is 107 Å². The van der Waals surface area contributed by atoms with Gasteiger partial charge in [-0.3, -0.25) is 9.59 Å². The van der Waals surface area contributed by atoms with E-state index in [1.54, 1.807) is 4.90 Å². The number of fused-ring (bicyclic) bond motifs is 3. The van der Waals surface area contributed by atoms with Crippen LogP contribution < -0.4 is 5.32 Å². The summed E-state index contributed by atoms with van der Waals surface area (Å²) in [4.78, 5) is 29.3. The van der Waals surface area contributed by atoms with E-state index in [0.717, 1.165) is 16.5 Å². The molecule has 3 aromatic carbocycles. The van der Waals surface area contributed by atoms with E-state index < -0.39 is 5.54 Å². The first kappa shape index (κ1) is 22.0. The summed E-state index contributed by atoms with van der Waals surface area (Å²) < 4.78 is 2.00. The van der Waals surface area contributed by atoms with Gasteiger partial charge in [-0.25, -0.2) is 0 Å². The second kappa shape index (κ2) is 8.82. The molecule has 0 aliphatic carbocycles. The SMILES string of the molecule is Cc1ccccc1CCN1C(=O)c2cc3ccccc3n2C[C@]1(C)C(=O)NCc1ccccc1. The van der Waals surface area contributed by atoms with Crippen molar-refractivity contribution < 1.29 is 9.59 Å². The van der Waals surface area contributed by atoms with Gasteiger partial charge in [0.25, 0.3) is 5.91 Å². The van der Waals surface area contributed by atoms with E-state index in [-0.39, 0.29) is 11.8 Å². The molecule has 4 aromatic rings. The van der Waals surface area contributed by atoms with Crippen molar-refractivity contribution in [3.63, 3.8) is 0 Å². The van der Waals surface area contributed by atoms with E-state index in [0.29, 0.717) is 31.7 Å².